The lowest BCUT2D eigenvalue weighted by Crippen LogP contribution is -2.55. The largest absolute Gasteiger partial charge is 0.493 e. The molecule has 2 atom stereocenters. The molecule has 30 heavy (non-hydrogen) atoms. The first kappa shape index (κ1) is 21.9. The molecule has 3 N–H and O–H groups in total. The molecule has 9 heteroatoms. The monoisotopic (exact) mass is 433 g/mol. The molecule has 0 saturated carbocycles. The van der Waals surface area contributed by atoms with Gasteiger partial charge in [0.1, 0.15) is 11.3 Å². The van der Waals surface area contributed by atoms with E-state index in [1.54, 1.807) is 36.4 Å². The summed E-state index contributed by atoms with van der Waals surface area (Å²) in [5.74, 6) is 0.815. The molecule has 0 radical (unpaired) electrons. The highest BCUT2D eigenvalue weighted by molar-refractivity contribution is 7.99. The van der Waals surface area contributed by atoms with E-state index in [0.717, 1.165) is 0 Å². The van der Waals surface area contributed by atoms with Crippen LogP contribution in [-0.2, 0) is 15.3 Å². The number of carbonyl (C=O) groups excluding carboxylic acids is 2. The smallest absolute Gasteiger partial charge is 0.225 e. The van der Waals surface area contributed by atoms with E-state index >= 15 is 0 Å². The molecule has 1 heterocycles. The van der Waals surface area contributed by atoms with E-state index in [0.29, 0.717) is 28.5 Å². The average molecular weight is 434 g/mol. The number of carbonyl (C=O) groups is 2. The molecular formula is C21H24FN3O4S. The molecule has 1 aliphatic rings. The molecule has 1 aliphatic heterocycles. The Balaban J connectivity index is 1.54. The predicted octanol–water partition coefficient (Wildman–Crippen LogP) is 2.87. The number of anilines is 1. The van der Waals surface area contributed by atoms with Gasteiger partial charge in [-0.1, -0.05) is 18.2 Å². The summed E-state index contributed by atoms with van der Waals surface area (Å²) in [6.45, 7) is 0. The summed E-state index contributed by atoms with van der Waals surface area (Å²) in [4.78, 5) is 24.5. The number of hydrogen-bond acceptors (Lipinski definition) is 6. The lowest BCUT2D eigenvalue weighted by molar-refractivity contribution is -0.124. The number of methoxy groups -OCH3 is 2. The number of ether oxygens (including phenoxy) is 2. The predicted molar refractivity (Wildman–Crippen MR) is 114 cm³/mol. The maximum absolute atomic E-state index is 13.8. The van der Waals surface area contributed by atoms with Gasteiger partial charge < -0.3 is 20.1 Å². The van der Waals surface area contributed by atoms with Crippen molar-refractivity contribution < 1.29 is 23.5 Å². The Kier molecular flexibility index (Phi) is 7.53. The zero-order valence-electron chi connectivity index (χ0n) is 16.7. The van der Waals surface area contributed by atoms with Crippen LogP contribution >= 0.6 is 11.8 Å². The SMILES string of the molecule is COc1ccc(NC(=O)CC2CC(=O)NC(SCc3ccccc3F)N2)cc1OC. The van der Waals surface area contributed by atoms with Gasteiger partial charge in [0, 0.05) is 36.4 Å². The maximum atomic E-state index is 13.8. The molecule has 0 bridgehead atoms. The highest BCUT2D eigenvalue weighted by atomic mass is 32.2. The molecule has 2 aromatic rings. The van der Waals surface area contributed by atoms with Crippen molar-refractivity contribution in [1.82, 2.24) is 10.6 Å². The van der Waals surface area contributed by atoms with E-state index < -0.39 is 5.50 Å². The first-order chi connectivity index (χ1) is 14.5. The van der Waals surface area contributed by atoms with Gasteiger partial charge in [0.05, 0.1) is 14.2 Å². The summed E-state index contributed by atoms with van der Waals surface area (Å²) in [5, 5.41) is 8.86. The van der Waals surface area contributed by atoms with E-state index in [1.807, 2.05) is 0 Å². The van der Waals surface area contributed by atoms with E-state index in [-0.39, 0.29) is 36.5 Å². The zero-order valence-corrected chi connectivity index (χ0v) is 17.6. The normalized spacial score (nSPS) is 18.4. The van der Waals surface area contributed by atoms with E-state index in [2.05, 4.69) is 16.0 Å². The van der Waals surface area contributed by atoms with Crippen LogP contribution in [0.15, 0.2) is 42.5 Å². The molecule has 2 unspecified atom stereocenters. The number of nitrogens with one attached hydrogen (secondary N) is 3. The van der Waals surface area contributed by atoms with Crippen molar-refractivity contribution in [3.8, 4) is 11.5 Å². The highest BCUT2D eigenvalue weighted by Crippen LogP contribution is 2.30. The first-order valence-electron chi connectivity index (χ1n) is 9.40. The fourth-order valence-corrected chi connectivity index (χ4v) is 4.19. The van der Waals surface area contributed by atoms with Gasteiger partial charge in [-0.05, 0) is 23.8 Å². The lowest BCUT2D eigenvalue weighted by Gasteiger charge is -2.31. The van der Waals surface area contributed by atoms with E-state index in [9.17, 15) is 14.0 Å². The number of halogens is 1. The van der Waals surface area contributed by atoms with Crippen LogP contribution in [0.25, 0.3) is 0 Å². The summed E-state index contributed by atoms with van der Waals surface area (Å²) < 4.78 is 24.2. The van der Waals surface area contributed by atoms with Crippen molar-refractivity contribution in [2.75, 3.05) is 19.5 Å². The number of thioether (sulfide) groups is 1. The number of benzene rings is 2. The molecule has 160 valence electrons. The Hall–Kier alpha value is -2.78. The van der Waals surface area contributed by atoms with Crippen LogP contribution in [-0.4, -0.2) is 37.6 Å². The molecule has 0 aromatic heterocycles. The molecule has 2 amide bonds. The van der Waals surface area contributed by atoms with Crippen LogP contribution in [0.3, 0.4) is 0 Å². The third kappa shape index (κ3) is 5.87. The van der Waals surface area contributed by atoms with Crippen LogP contribution in [0.2, 0.25) is 0 Å². The van der Waals surface area contributed by atoms with Gasteiger partial charge in [-0.15, -0.1) is 11.8 Å². The summed E-state index contributed by atoms with van der Waals surface area (Å²) in [7, 11) is 3.06. The minimum atomic E-state index is -0.398. The Morgan fingerprint density at radius 1 is 1.20 bits per heavy atom. The fraction of sp³-hybridized carbons (Fsp3) is 0.333. The molecule has 1 saturated heterocycles. The Labute approximate surface area is 178 Å². The third-order valence-electron chi connectivity index (χ3n) is 4.57. The van der Waals surface area contributed by atoms with Crippen LogP contribution < -0.4 is 25.4 Å². The number of rotatable bonds is 8. The minimum Gasteiger partial charge on any atom is -0.493 e. The highest BCUT2D eigenvalue weighted by Gasteiger charge is 2.27. The molecule has 2 aromatic carbocycles. The van der Waals surface area contributed by atoms with Gasteiger partial charge in [-0.3, -0.25) is 14.9 Å². The summed E-state index contributed by atoms with van der Waals surface area (Å²) in [6, 6.07) is 11.3. The lowest BCUT2D eigenvalue weighted by atomic mass is 10.1. The number of hydrogen-bond donors (Lipinski definition) is 3. The Morgan fingerprint density at radius 3 is 2.70 bits per heavy atom. The van der Waals surface area contributed by atoms with Gasteiger partial charge in [-0.25, -0.2) is 4.39 Å². The molecule has 0 aliphatic carbocycles. The third-order valence-corrected chi connectivity index (χ3v) is 5.64. The van der Waals surface area contributed by atoms with E-state index in [1.165, 1.54) is 32.0 Å². The minimum absolute atomic E-state index is 0.124. The Morgan fingerprint density at radius 2 is 1.97 bits per heavy atom. The molecule has 0 spiro atoms. The van der Waals surface area contributed by atoms with Crippen molar-refractivity contribution in [3.05, 3.63) is 53.8 Å². The topological polar surface area (TPSA) is 88.7 Å². The summed E-state index contributed by atoms with van der Waals surface area (Å²) in [6.07, 6.45) is 0.314. The summed E-state index contributed by atoms with van der Waals surface area (Å²) in [5.41, 5.74) is 0.736. The van der Waals surface area contributed by atoms with Crippen molar-refractivity contribution in [2.24, 2.45) is 0 Å². The van der Waals surface area contributed by atoms with Crippen molar-refractivity contribution >= 4 is 29.3 Å². The maximum Gasteiger partial charge on any atom is 0.225 e. The van der Waals surface area contributed by atoms with Crippen LogP contribution in [0.5, 0.6) is 11.5 Å². The average Bonchev–Trinajstić information content (AvgIpc) is 2.72. The van der Waals surface area contributed by atoms with Crippen molar-refractivity contribution in [2.45, 2.75) is 30.1 Å². The van der Waals surface area contributed by atoms with Crippen molar-refractivity contribution in [1.29, 1.82) is 0 Å². The summed E-state index contributed by atoms with van der Waals surface area (Å²) >= 11 is 1.37. The quantitative estimate of drug-likeness (QED) is 0.593. The van der Waals surface area contributed by atoms with Gasteiger partial charge in [0.15, 0.2) is 11.5 Å². The second-order valence-electron chi connectivity index (χ2n) is 6.74. The first-order valence-corrected chi connectivity index (χ1v) is 10.5. The van der Waals surface area contributed by atoms with Gasteiger partial charge >= 0.3 is 0 Å². The van der Waals surface area contributed by atoms with Crippen LogP contribution in [0, 0.1) is 5.82 Å². The molecule has 1 fully saturated rings. The molecule has 3 rings (SSSR count). The van der Waals surface area contributed by atoms with Crippen LogP contribution in [0.1, 0.15) is 18.4 Å². The Bertz CT molecular complexity index is 912. The van der Waals surface area contributed by atoms with Gasteiger partial charge in [0.2, 0.25) is 11.8 Å². The molecular weight excluding hydrogens is 409 g/mol. The van der Waals surface area contributed by atoms with Crippen LogP contribution in [0.4, 0.5) is 10.1 Å². The number of amides is 2. The second-order valence-corrected chi connectivity index (χ2v) is 7.83. The van der Waals surface area contributed by atoms with E-state index in [4.69, 9.17) is 9.47 Å². The van der Waals surface area contributed by atoms with Gasteiger partial charge in [-0.2, -0.15) is 0 Å². The van der Waals surface area contributed by atoms with Gasteiger partial charge in [0.25, 0.3) is 0 Å². The van der Waals surface area contributed by atoms with Crippen molar-refractivity contribution in [3.63, 3.8) is 0 Å². The zero-order chi connectivity index (χ0) is 21.5. The fourth-order valence-electron chi connectivity index (χ4n) is 3.10. The second kappa shape index (κ2) is 10.3. The standard InChI is InChI=1S/C21H24FN3O4S/c1-28-17-8-7-14(9-18(17)29-2)23-19(26)10-15-11-20(27)25-21(24-15)30-12-13-5-3-4-6-16(13)22/h3-9,15,21,24H,10-12H2,1-2H3,(H,23,26)(H,25,27). The molecule has 7 nitrogen and oxygen atoms in total.